The van der Waals surface area contributed by atoms with Crippen LogP contribution < -0.4 is 15.5 Å². The molecule has 3 N–H and O–H groups in total. The van der Waals surface area contributed by atoms with Crippen LogP contribution in [0.15, 0.2) is 48.7 Å². The third-order valence-electron chi connectivity index (χ3n) is 8.45. The van der Waals surface area contributed by atoms with Crippen LogP contribution in [-0.4, -0.2) is 91.0 Å². The third-order valence-corrected chi connectivity index (χ3v) is 8.45. The van der Waals surface area contributed by atoms with E-state index in [1.165, 1.54) is 0 Å². The molecule has 10 heteroatoms. The average Bonchev–Trinajstić information content (AvgIpc) is 3.03. The van der Waals surface area contributed by atoms with E-state index in [0.717, 1.165) is 79.8 Å². The van der Waals surface area contributed by atoms with E-state index in [-0.39, 0.29) is 12.5 Å². The van der Waals surface area contributed by atoms with Crippen molar-refractivity contribution in [1.82, 2.24) is 25.5 Å². The number of likely N-dealkylation sites (N-methyl/N-ethyl adjacent to an activating group) is 1. The second-order valence-corrected chi connectivity index (χ2v) is 11.6. The molecule has 1 aromatic carbocycles. The highest BCUT2D eigenvalue weighted by molar-refractivity contribution is 6.07. The van der Waals surface area contributed by atoms with E-state index in [1.54, 1.807) is 6.92 Å². The lowest BCUT2D eigenvalue weighted by atomic mass is 9.82. The number of fused-ring (bicyclic) bond motifs is 1. The van der Waals surface area contributed by atoms with Crippen LogP contribution in [0.25, 0.3) is 22.2 Å². The van der Waals surface area contributed by atoms with Gasteiger partial charge in [0.2, 0.25) is 0 Å². The first kappa shape index (κ1) is 29.7. The highest BCUT2D eigenvalue weighted by Gasteiger charge is 2.23. The fourth-order valence-electron chi connectivity index (χ4n) is 5.73. The highest BCUT2D eigenvalue weighted by Crippen LogP contribution is 2.29. The predicted octanol–water partition coefficient (Wildman–Crippen LogP) is 3.69. The van der Waals surface area contributed by atoms with Crippen molar-refractivity contribution in [2.45, 2.75) is 38.7 Å². The van der Waals surface area contributed by atoms with Gasteiger partial charge in [0.15, 0.2) is 0 Å². The zero-order valence-corrected chi connectivity index (χ0v) is 24.6. The monoisotopic (exact) mass is 574 g/mol. The molecule has 2 fully saturated rings. The maximum absolute atomic E-state index is 13.5. The van der Waals surface area contributed by atoms with E-state index in [2.05, 4.69) is 27.5 Å². The number of amides is 2. The summed E-state index contributed by atoms with van der Waals surface area (Å²) in [6.45, 7) is 6.60. The van der Waals surface area contributed by atoms with Gasteiger partial charge in [-0.25, -0.2) is 14.8 Å². The van der Waals surface area contributed by atoms with Crippen LogP contribution in [0.5, 0.6) is 0 Å². The van der Waals surface area contributed by atoms with Gasteiger partial charge in [0.1, 0.15) is 11.9 Å². The van der Waals surface area contributed by atoms with E-state index in [9.17, 15) is 9.59 Å². The van der Waals surface area contributed by atoms with Crippen LogP contribution in [0.3, 0.4) is 0 Å². The summed E-state index contributed by atoms with van der Waals surface area (Å²) in [5, 5.41) is 15.8. The lowest BCUT2D eigenvalue weighted by Gasteiger charge is -2.33. The number of hydrogen-bond donors (Lipinski definition) is 3. The third kappa shape index (κ3) is 7.54. The van der Waals surface area contributed by atoms with Crippen molar-refractivity contribution in [3.63, 3.8) is 0 Å². The second kappa shape index (κ2) is 13.9. The van der Waals surface area contributed by atoms with E-state index in [4.69, 9.17) is 19.8 Å². The van der Waals surface area contributed by atoms with Crippen LogP contribution in [0.1, 0.15) is 43.0 Å². The number of alkyl carbamates (subject to hydrolysis) is 1. The van der Waals surface area contributed by atoms with Crippen molar-refractivity contribution in [3.05, 3.63) is 54.2 Å². The molecule has 10 nitrogen and oxygen atoms in total. The number of rotatable bonds is 9. The largest absolute Gasteiger partial charge is 0.444 e. The lowest BCUT2D eigenvalue weighted by Crippen LogP contribution is -2.44. The zero-order valence-electron chi connectivity index (χ0n) is 24.6. The van der Waals surface area contributed by atoms with Crippen LogP contribution in [0.4, 0.5) is 10.6 Å². The number of aliphatic hydroxyl groups excluding tert-OH is 1. The van der Waals surface area contributed by atoms with Crippen molar-refractivity contribution in [1.29, 1.82) is 0 Å². The Kier molecular flexibility index (Phi) is 9.86. The van der Waals surface area contributed by atoms with Gasteiger partial charge < -0.3 is 30.3 Å². The number of carbonyl (C=O) groups is 2. The molecule has 1 aliphatic carbocycles. The molecular formula is C32H42N6O4. The average molecular weight is 575 g/mol. The fourth-order valence-corrected chi connectivity index (χ4v) is 5.73. The summed E-state index contributed by atoms with van der Waals surface area (Å²) in [5.74, 6) is 1.65. The molecule has 2 aromatic heterocycles. The van der Waals surface area contributed by atoms with Crippen molar-refractivity contribution >= 4 is 28.7 Å². The number of carbonyl (C=O) groups excluding carboxylic acids is 2. The summed E-state index contributed by atoms with van der Waals surface area (Å²) in [5.41, 5.74) is 3.01. The summed E-state index contributed by atoms with van der Waals surface area (Å²) in [4.78, 5) is 39.5. The highest BCUT2D eigenvalue weighted by atomic mass is 16.6. The van der Waals surface area contributed by atoms with Crippen LogP contribution in [-0.2, 0) is 4.74 Å². The first-order valence-corrected chi connectivity index (χ1v) is 15.0. The molecule has 0 spiro atoms. The SMILES string of the molecule is C[C@@H](CO)OC(=O)NCC1CCC(CNC(=O)c2cc(-c3ccc(N4CCN(C)CC4)nc3)nc3ccccc23)CC1. The van der Waals surface area contributed by atoms with Crippen LogP contribution in [0.2, 0.25) is 0 Å². The second-order valence-electron chi connectivity index (χ2n) is 11.6. The summed E-state index contributed by atoms with van der Waals surface area (Å²) in [6, 6.07) is 13.7. The maximum Gasteiger partial charge on any atom is 0.407 e. The van der Waals surface area contributed by atoms with Gasteiger partial charge in [-0.05, 0) is 75.8 Å². The van der Waals surface area contributed by atoms with Gasteiger partial charge >= 0.3 is 6.09 Å². The minimum atomic E-state index is -0.512. The minimum Gasteiger partial charge on any atom is -0.444 e. The molecule has 1 atom stereocenters. The summed E-state index contributed by atoms with van der Waals surface area (Å²) < 4.78 is 5.06. The topological polar surface area (TPSA) is 120 Å². The van der Waals surface area contributed by atoms with Crippen LogP contribution in [0, 0.1) is 11.8 Å². The van der Waals surface area contributed by atoms with Gasteiger partial charge in [-0.2, -0.15) is 0 Å². The Morgan fingerprint density at radius 1 is 1.00 bits per heavy atom. The molecular weight excluding hydrogens is 532 g/mol. The number of pyridine rings is 2. The zero-order chi connectivity index (χ0) is 29.5. The molecule has 2 amide bonds. The van der Waals surface area contributed by atoms with Gasteiger partial charge in [-0.1, -0.05) is 18.2 Å². The minimum absolute atomic E-state index is 0.0959. The van der Waals surface area contributed by atoms with Crippen LogP contribution >= 0.6 is 0 Å². The van der Waals surface area contributed by atoms with Gasteiger partial charge in [-0.15, -0.1) is 0 Å². The normalized spacial score (nSPS) is 20.2. The van der Waals surface area contributed by atoms with E-state index in [0.29, 0.717) is 30.5 Å². The predicted molar refractivity (Wildman–Crippen MR) is 163 cm³/mol. The number of nitrogens with one attached hydrogen (secondary N) is 2. The molecule has 1 aliphatic heterocycles. The number of aliphatic hydroxyl groups is 1. The molecule has 2 aliphatic rings. The van der Waals surface area contributed by atoms with Gasteiger partial charge in [0.05, 0.1) is 23.4 Å². The molecule has 3 aromatic rings. The Balaban J connectivity index is 1.19. The first-order valence-electron chi connectivity index (χ1n) is 15.0. The maximum atomic E-state index is 13.5. The van der Waals surface area contributed by atoms with Crippen molar-refractivity contribution in [2.24, 2.45) is 11.8 Å². The van der Waals surface area contributed by atoms with Gasteiger partial charge in [0.25, 0.3) is 5.91 Å². The Labute approximate surface area is 247 Å². The molecule has 3 heterocycles. The fraction of sp³-hybridized carbons (Fsp3) is 0.500. The molecule has 5 rings (SSSR count). The Morgan fingerprint density at radius 2 is 1.69 bits per heavy atom. The van der Waals surface area contributed by atoms with Crippen molar-refractivity contribution in [3.8, 4) is 11.3 Å². The molecule has 1 saturated heterocycles. The quantitative estimate of drug-likeness (QED) is 0.354. The summed E-state index contributed by atoms with van der Waals surface area (Å²) >= 11 is 0. The Morgan fingerprint density at radius 3 is 2.36 bits per heavy atom. The number of aromatic nitrogens is 2. The van der Waals surface area contributed by atoms with Crippen molar-refractivity contribution in [2.75, 3.05) is 57.8 Å². The smallest absolute Gasteiger partial charge is 0.407 e. The Bertz CT molecular complexity index is 1350. The van der Waals surface area contributed by atoms with Gasteiger partial charge in [-0.3, -0.25) is 4.79 Å². The molecule has 0 radical (unpaired) electrons. The van der Waals surface area contributed by atoms with E-state index in [1.807, 2.05) is 48.7 Å². The number of piperazine rings is 1. The number of hydrogen-bond acceptors (Lipinski definition) is 8. The number of nitrogens with zero attached hydrogens (tertiary/aromatic N) is 4. The molecule has 0 unspecified atom stereocenters. The first-order chi connectivity index (χ1) is 20.4. The standard InChI is InChI=1S/C32H42N6O4/c1-22(21-39)42-32(41)35-19-24-9-7-23(8-10-24)18-34-31(40)27-17-29(36-28-6-4-3-5-26(27)28)25-11-12-30(33-20-25)38-15-13-37(2)14-16-38/h3-6,11-12,17,20,22-24,39H,7-10,13-16,18-19,21H2,1-2H3,(H,34,40)(H,35,41)/t22-,23?,24?/m0/s1. The molecule has 224 valence electrons. The number of para-hydroxylation sites is 1. The number of ether oxygens (including phenoxy) is 1. The van der Waals surface area contributed by atoms with E-state index < -0.39 is 12.2 Å². The summed E-state index contributed by atoms with van der Waals surface area (Å²) in [6.07, 6.45) is 4.79. The number of benzene rings is 1. The van der Waals surface area contributed by atoms with Crippen molar-refractivity contribution < 1.29 is 19.4 Å². The molecule has 1 saturated carbocycles. The Hall–Kier alpha value is -3.76. The lowest BCUT2D eigenvalue weighted by molar-refractivity contribution is 0.0666. The summed E-state index contributed by atoms with van der Waals surface area (Å²) in [7, 11) is 2.14. The number of anilines is 1. The van der Waals surface area contributed by atoms with E-state index >= 15 is 0 Å². The van der Waals surface area contributed by atoms with Gasteiger partial charge in [0, 0.05) is 56.4 Å². The molecule has 0 bridgehead atoms. The molecule has 42 heavy (non-hydrogen) atoms.